The van der Waals surface area contributed by atoms with Gasteiger partial charge in [0.25, 0.3) is 5.91 Å². The Morgan fingerprint density at radius 1 is 1.07 bits per heavy atom. The largest absolute Gasteiger partial charge is 0.350 e. The number of carbonyl (C=O) groups excluding carboxylic acids is 1. The van der Waals surface area contributed by atoms with Crippen LogP contribution in [0.3, 0.4) is 0 Å². The van der Waals surface area contributed by atoms with Crippen molar-refractivity contribution in [3.05, 3.63) is 58.7 Å². The lowest BCUT2D eigenvalue weighted by Crippen LogP contribution is -2.47. The minimum atomic E-state index is 0.0772. The second-order valence-corrected chi connectivity index (χ2v) is 8.55. The van der Waals surface area contributed by atoms with Gasteiger partial charge in [0, 0.05) is 47.0 Å². The summed E-state index contributed by atoms with van der Waals surface area (Å²) in [5.41, 5.74) is 2.86. The smallest absolute Gasteiger partial charge is 0.271 e. The number of carbonyl (C=O) groups is 1. The van der Waals surface area contributed by atoms with E-state index >= 15 is 0 Å². The first-order valence-electron chi connectivity index (χ1n) is 9.05. The van der Waals surface area contributed by atoms with E-state index in [1.165, 1.54) is 5.56 Å². The highest BCUT2D eigenvalue weighted by atomic mass is 35.5. The van der Waals surface area contributed by atoms with E-state index in [1.807, 2.05) is 29.2 Å². The average Bonchev–Trinajstić information content (AvgIpc) is 3.01. The van der Waals surface area contributed by atoms with E-state index in [2.05, 4.69) is 42.1 Å². The molecule has 1 aliphatic rings. The van der Waals surface area contributed by atoms with E-state index in [0.29, 0.717) is 10.7 Å². The molecule has 1 saturated heterocycles. The van der Waals surface area contributed by atoms with Gasteiger partial charge in [0.2, 0.25) is 0 Å². The number of H-pyrrole nitrogens is 1. The van der Waals surface area contributed by atoms with Crippen LogP contribution in [0.5, 0.6) is 0 Å². The summed E-state index contributed by atoms with van der Waals surface area (Å²) in [4.78, 5) is 22.9. The van der Waals surface area contributed by atoms with Gasteiger partial charge in [-0.1, -0.05) is 35.5 Å². The summed E-state index contributed by atoms with van der Waals surface area (Å²) in [5.74, 6) is 0.0772. The number of likely N-dealkylation sites (N-methyl/N-ethyl adjacent to an activating group) is 1. The normalized spacial score (nSPS) is 15.4. The minimum Gasteiger partial charge on any atom is -0.350 e. The van der Waals surface area contributed by atoms with Gasteiger partial charge in [-0.3, -0.25) is 4.79 Å². The molecule has 4 nitrogen and oxygen atoms in total. The van der Waals surface area contributed by atoms with Crippen LogP contribution >= 0.6 is 23.4 Å². The molecule has 0 spiro atoms. The molecule has 3 aromatic rings. The van der Waals surface area contributed by atoms with Crippen molar-refractivity contribution in [2.24, 2.45) is 0 Å². The quantitative estimate of drug-likeness (QED) is 0.695. The van der Waals surface area contributed by atoms with E-state index < -0.39 is 0 Å². The van der Waals surface area contributed by atoms with Gasteiger partial charge in [0.15, 0.2) is 0 Å². The van der Waals surface area contributed by atoms with E-state index in [-0.39, 0.29) is 5.91 Å². The number of piperazine rings is 1. The molecule has 0 atom stereocenters. The summed E-state index contributed by atoms with van der Waals surface area (Å²) in [6.45, 7) is 5.40. The molecule has 0 radical (unpaired) electrons. The Labute approximate surface area is 168 Å². The predicted molar refractivity (Wildman–Crippen MR) is 112 cm³/mol. The van der Waals surface area contributed by atoms with Crippen LogP contribution in [0.4, 0.5) is 0 Å². The number of halogens is 1. The van der Waals surface area contributed by atoms with Crippen LogP contribution < -0.4 is 0 Å². The number of nitrogens with one attached hydrogen (secondary N) is 1. The van der Waals surface area contributed by atoms with Crippen LogP contribution in [0.25, 0.3) is 10.9 Å². The molecule has 2 heterocycles. The zero-order valence-corrected chi connectivity index (χ0v) is 17.0. The van der Waals surface area contributed by atoms with Gasteiger partial charge in [-0.05, 0) is 49.9 Å². The third-order valence-corrected chi connectivity index (χ3v) is 6.33. The number of aryl methyl sites for hydroxylation is 1. The van der Waals surface area contributed by atoms with E-state index in [4.69, 9.17) is 11.6 Å². The van der Waals surface area contributed by atoms with Crippen molar-refractivity contribution in [3.8, 4) is 0 Å². The molecule has 27 heavy (non-hydrogen) atoms. The molecule has 0 aliphatic carbocycles. The van der Waals surface area contributed by atoms with Crippen LogP contribution in [0.1, 0.15) is 16.1 Å². The number of rotatable bonds is 3. The van der Waals surface area contributed by atoms with Gasteiger partial charge in [0.05, 0.1) is 4.90 Å². The van der Waals surface area contributed by atoms with Gasteiger partial charge in [-0.2, -0.15) is 0 Å². The lowest BCUT2D eigenvalue weighted by atomic mass is 10.2. The fourth-order valence-electron chi connectivity index (χ4n) is 3.33. The lowest BCUT2D eigenvalue weighted by Gasteiger charge is -2.32. The molecule has 0 bridgehead atoms. The monoisotopic (exact) mass is 399 g/mol. The maximum Gasteiger partial charge on any atom is 0.271 e. The summed E-state index contributed by atoms with van der Waals surface area (Å²) < 4.78 is 0. The van der Waals surface area contributed by atoms with E-state index in [0.717, 1.165) is 46.9 Å². The summed E-state index contributed by atoms with van der Waals surface area (Å²) in [6.07, 6.45) is 0. The highest BCUT2D eigenvalue weighted by molar-refractivity contribution is 7.99. The third kappa shape index (κ3) is 3.86. The predicted octanol–water partition coefficient (Wildman–Crippen LogP) is 4.67. The molecule has 0 unspecified atom stereocenters. The first-order valence-corrected chi connectivity index (χ1v) is 10.2. The summed E-state index contributed by atoms with van der Waals surface area (Å²) >= 11 is 7.63. The van der Waals surface area contributed by atoms with E-state index in [9.17, 15) is 4.79 Å². The molecule has 1 N–H and O–H groups in total. The van der Waals surface area contributed by atoms with Crippen molar-refractivity contribution in [1.29, 1.82) is 0 Å². The van der Waals surface area contributed by atoms with Gasteiger partial charge >= 0.3 is 0 Å². The number of amides is 1. The van der Waals surface area contributed by atoms with E-state index in [1.54, 1.807) is 11.8 Å². The second-order valence-electron chi connectivity index (χ2n) is 7.03. The Bertz CT molecular complexity index is 975. The molecule has 1 aromatic heterocycles. The maximum absolute atomic E-state index is 13.3. The van der Waals surface area contributed by atoms with Crippen LogP contribution in [0.15, 0.2) is 52.3 Å². The van der Waals surface area contributed by atoms with Crippen molar-refractivity contribution in [2.75, 3.05) is 33.2 Å². The SMILES string of the molecule is Cc1ccc2c(Sc3ccc(Cl)cc3)c(C(=O)N3CCN(C)CC3)[nH]c2c1. The number of benzene rings is 2. The van der Waals surface area contributed by atoms with Gasteiger partial charge < -0.3 is 14.8 Å². The van der Waals surface area contributed by atoms with Gasteiger partial charge in [-0.25, -0.2) is 0 Å². The maximum atomic E-state index is 13.3. The Hall–Kier alpha value is -1.95. The Morgan fingerprint density at radius 3 is 2.48 bits per heavy atom. The topological polar surface area (TPSA) is 39.3 Å². The van der Waals surface area contributed by atoms with Crippen molar-refractivity contribution in [2.45, 2.75) is 16.7 Å². The molecule has 1 aliphatic heterocycles. The van der Waals surface area contributed by atoms with Crippen LogP contribution in [0.2, 0.25) is 5.02 Å². The number of aromatic nitrogens is 1. The third-order valence-electron chi connectivity index (χ3n) is 4.94. The number of aromatic amines is 1. The number of fused-ring (bicyclic) bond motifs is 1. The van der Waals surface area contributed by atoms with Crippen LogP contribution in [-0.4, -0.2) is 53.9 Å². The van der Waals surface area contributed by atoms with Gasteiger partial charge in [0.1, 0.15) is 5.69 Å². The molecule has 2 aromatic carbocycles. The van der Waals surface area contributed by atoms with Crippen molar-refractivity contribution in [3.63, 3.8) is 0 Å². The highest BCUT2D eigenvalue weighted by Crippen LogP contribution is 2.38. The molecule has 0 saturated carbocycles. The summed E-state index contributed by atoms with van der Waals surface area (Å²) in [7, 11) is 2.09. The Kier molecular flexibility index (Phi) is 5.17. The molecule has 140 valence electrons. The number of nitrogens with zero attached hydrogens (tertiary/aromatic N) is 2. The van der Waals surface area contributed by atoms with Crippen LogP contribution in [0, 0.1) is 6.92 Å². The molecule has 6 heteroatoms. The highest BCUT2D eigenvalue weighted by Gasteiger charge is 2.25. The number of hydrogen-bond acceptors (Lipinski definition) is 3. The molecule has 1 fully saturated rings. The summed E-state index contributed by atoms with van der Waals surface area (Å²) in [6, 6.07) is 14.0. The first kappa shape index (κ1) is 18.4. The van der Waals surface area contributed by atoms with Crippen molar-refractivity contribution >= 4 is 40.2 Å². The van der Waals surface area contributed by atoms with Crippen molar-refractivity contribution < 1.29 is 4.79 Å². The fourth-order valence-corrected chi connectivity index (χ4v) is 4.49. The second kappa shape index (κ2) is 7.58. The number of hydrogen-bond donors (Lipinski definition) is 1. The van der Waals surface area contributed by atoms with Gasteiger partial charge in [-0.15, -0.1) is 0 Å². The van der Waals surface area contributed by atoms with Crippen molar-refractivity contribution in [1.82, 2.24) is 14.8 Å². The standard InChI is InChI=1S/C21H22ClN3OS/c1-14-3-8-17-18(13-14)23-19(21(26)25-11-9-24(2)10-12-25)20(17)27-16-6-4-15(22)5-7-16/h3-8,13,23H,9-12H2,1-2H3. The Morgan fingerprint density at radius 2 is 1.78 bits per heavy atom. The average molecular weight is 400 g/mol. The minimum absolute atomic E-state index is 0.0772. The zero-order valence-electron chi connectivity index (χ0n) is 15.5. The first-order chi connectivity index (χ1) is 13.0. The lowest BCUT2D eigenvalue weighted by molar-refractivity contribution is 0.0655. The molecular formula is C21H22ClN3OS. The zero-order chi connectivity index (χ0) is 19.0. The molecule has 1 amide bonds. The van der Waals surface area contributed by atoms with Crippen LogP contribution in [-0.2, 0) is 0 Å². The fraction of sp³-hybridized carbons (Fsp3) is 0.286. The summed E-state index contributed by atoms with van der Waals surface area (Å²) in [5, 5.41) is 1.79. The molecule has 4 rings (SSSR count). The molecular weight excluding hydrogens is 378 g/mol. The Balaban J connectivity index is 1.74.